The lowest BCUT2D eigenvalue weighted by molar-refractivity contribution is 0.628. The Morgan fingerprint density at radius 3 is 2.54 bits per heavy atom. The van der Waals surface area contributed by atoms with E-state index < -0.39 is 0 Å². The SMILES string of the molecule is CCCCC=Cc1ccc(F)cc1. The number of unbranched alkanes of at least 4 members (excludes halogenated alkanes) is 2. The monoisotopic (exact) mass is 178 g/mol. The molecule has 0 aliphatic heterocycles. The maximum absolute atomic E-state index is 12.5. The summed E-state index contributed by atoms with van der Waals surface area (Å²) in [5.74, 6) is -0.175. The molecule has 13 heavy (non-hydrogen) atoms. The highest BCUT2D eigenvalue weighted by molar-refractivity contribution is 5.48. The smallest absolute Gasteiger partial charge is 0.123 e. The van der Waals surface area contributed by atoms with Crippen LogP contribution in [0.2, 0.25) is 0 Å². The normalized spacial score (nSPS) is 10.9. The Hall–Kier alpha value is -1.11. The van der Waals surface area contributed by atoms with Gasteiger partial charge in [-0.25, -0.2) is 4.39 Å². The molecular weight excluding hydrogens is 163 g/mol. The van der Waals surface area contributed by atoms with Crippen molar-refractivity contribution in [1.82, 2.24) is 0 Å². The zero-order chi connectivity index (χ0) is 9.52. The third kappa shape index (κ3) is 3.88. The molecule has 0 N–H and O–H groups in total. The van der Waals surface area contributed by atoms with E-state index in [1.807, 2.05) is 6.08 Å². The number of hydrogen-bond acceptors (Lipinski definition) is 0. The van der Waals surface area contributed by atoms with Gasteiger partial charge in [0.1, 0.15) is 5.82 Å². The fourth-order valence-corrected chi connectivity index (χ4v) is 1.12. The van der Waals surface area contributed by atoms with E-state index in [4.69, 9.17) is 0 Å². The van der Waals surface area contributed by atoms with Crippen molar-refractivity contribution in [3.05, 3.63) is 41.7 Å². The average molecular weight is 178 g/mol. The van der Waals surface area contributed by atoms with Gasteiger partial charge in [-0.3, -0.25) is 0 Å². The summed E-state index contributed by atoms with van der Waals surface area (Å²) >= 11 is 0. The molecule has 1 aromatic carbocycles. The summed E-state index contributed by atoms with van der Waals surface area (Å²) in [6.45, 7) is 2.17. The minimum atomic E-state index is -0.175. The Balaban J connectivity index is 2.44. The molecule has 0 fully saturated rings. The largest absolute Gasteiger partial charge is 0.207 e. The zero-order valence-corrected chi connectivity index (χ0v) is 7.96. The molecule has 0 atom stereocenters. The highest BCUT2D eigenvalue weighted by atomic mass is 19.1. The van der Waals surface area contributed by atoms with Crippen molar-refractivity contribution in [2.45, 2.75) is 26.2 Å². The summed E-state index contributed by atoms with van der Waals surface area (Å²) in [5.41, 5.74) is 1.07. The van der Waals surface area contributed by atoms with Gasteiger partial charge in [-0.05, 0) is 24.1 Å². The summed E-state index contributed by atoms with van der Waals surface area (Å²) in [7, 11) is 0. The van der Waals surface area contributed by atoms with Crippen molar-refractivity contribution >= 4 is 6.08 Å². The minimum Gasteiger partial charge on any atom is -0.207 e. The van der Waals surface area contributed by atoms with Crippen LogP contribution in [0.1, 0.15) is 31.7 Å². The lowest BCUT2D eigenvalue weighted by Gasteiger charge is -1.92. The van der Waals surface area contributed by atoms with Gasteiger partial charge in [0, 0.05) is 0 Å². The summed E-state index contributed by atoms with van der Waals surface area (Å²) < 4.78 is 12.5. The average Bonchev–Trinajstić information content (AvgIpc) is 2.15. The minimum absolute atomic E-state index is 0.175. The predicted octanol–water partition coefficient (Wildman–Crippen LogP) is 4.03. The quantitative estimate of drug-likeness (QED) is 0.611. The summed E-state index contributed by atoms with van der Waals surface area (Å²) in [6, 6.07) is 6.55. The van der Waals surface area contributed by atoms with Crippen LogP contribution in [-0.2, 0) is 0 Å². The van der Waals surface area contributed by atoms with E-state index in [2.05, 4.69) is 13.0 Å². The van der Waals surface area contributed by atoms with Crippen LogP contribution in [0.4, 0.5) is 4.39 Å². The van der Waals surface area contributed by atoms with E-state index in [9.17, 15) is 4.39 Å². The maximum Gasteiger partial charge on any atom is 0.123 e. The first-order valence-electron chi connectivity index (χ1n) is 4.75. The Labute approximate surface area is 79.1 Å². The van der Waals surface area contributed by atoms with Crippen LogP contribution in [0.5, 0.6) is 0 Å². The molecule has 1 heteroatoms. The first kappa shape index (κ1) is 9.97. The van der Waals surface area contributed by atoms with E-state index in [0.717, 1.165) is 12.0 Å². The van der Waals surface area contributed by atoms with Gasteiger partial charge in [-0.15, -0.1) is 0 Å². The molecule has 1 rings (SSSR count). The van der Waals surface area contributed by atoms with Gasteiger partial charge in [-0.1, -0.05) is 44.1 Å². The Kier molecular flexibility index (Phi) is 4.24. The van der Waals surface area contributed by atoms with E-state index in [1.165, 1.54) is 25.0 Å². The molecule has 0 saturated carbocycles. The number of hydrogen-bond donors (Lipinski definition) is 0. The van der Waals surface area contributed by atoms with Crippen molar-refractivity contribution in [1.29, 1.82) is 0 Å². The van der Waals surface area contributed by atoms with Crippen LogP contribution in [-0.4, -0.2) is 0 Å². The fourth-order valence-electron chi connectivity index (χ4n) is 1.12. The van der Waals surface area contributed by atoms with Gasteiger partial charge in [0.25, 0.3) is 0 Å². The second-order valence-corrected chi connectivity index (χ2v) is 3.10. The Bertz CT molecular complexity index is 259. The van der Waals surface area contributed by atoms with Gasteiger partial charge < -0.3 is 0 Å². The summed E-state index contributed by atoms with van der Waals surface area (Å²) in [6.07, 6.45) is 7.71. The molecule has 0 bridgehead atoms. The molecule has 0 spiro atoms. The fraction of sp³-hybridized carbons (Fsp3) is 0.333. The molecule has 0 saturated heterocycles. The molecule has 1 aromatic rings. The van der Waals surface area contributed by atoms with Gasteiger partial charge in [-0.2, -0.15) is 0 Å². The highest BCUT2D eigenvalue weighted by Crippen LogP contribution is 2.06. The highest BCUT2D eigenvalue weighted by Gasteiger charge is 1.87. The molecule has 0 unspecified atom stereocenters. The van der Waals surface area contributed by atoms with Crippen LogP contribution in [0.25, 0.3) is 6.08 Å². The second-order valence-electron chi connectivity index (χ2n) is 3.10. The lowest BCUT2D eigenvalue weighted by Crippen LogP contribution is -1.74. The molecule has 0 aromatic heterocycles. The second kappa shape index (κ2) is 5.52. The number of allylic oxidation sites excluding steroid dienone is 1. The third-order valence-electron chi connectivity index (χ3n) is 1.90. The van der Waals surface area contributed by atoms with Crippen molar-refractivity contribution in [2.24, 2.45) is 0 Å². The molecule has 0 aliphatic carbocycles. The van der Waals surface area contributed by atoms with Crippen molar-refractivity contribution < 1.29 is 4.39 Å². The van der Waals surface area contributed by atoms with E-state index >= 15 is 0 Å². The number of rotatable bonds is 4. The molecule has 0 amide bonds. The van der Waals surface area contributed by atoms with Crippen LogP contribution in [0.15, 0.2) is 30.3 Å². The van der Waals surface area contributed by atoms with Crippen LogP contribution >= 0.6 is 0 Å². The summed E-state index contributed by atoms with van der Waals surface area (Å²) in [5, 5.41) is 0. The van der Waals surface area contributed by atoms with E-state index in [-0.39, 0.29) is 5.82 Å². The molecule has 70 valence electrons. The molecule has 0 nitrogen and oxygen atoms in total. The topological polar surface area (TPSA) is 0 Å². The van der Waals surface area contributed by atoms with Crippen LogP contribution < -0.4 is 0 Å². The standard InChI is InChI=1S/C12H15F/c1-2-3-4-5-6-11-7-9-12(13)10-8-11/h5-10H,2-4H2,1H3. The molecule has 0 radical (unpaired) electrons. The van der Waals surface area contributed by atoms with Crippen molar-refractivity contribution in [2.75, 3.05) is 0 Å². The maximum atomic E-state index is 12.5. The first-order chi connectivity index (χ1) is 6.33. The van der Waals surface area contributed by atoms with Crippen LogP contribution in [0, 0.1) is 5.82 Å². The van der Waals surface area contributed by atoms with Crippen LogP contribution in [0.3, 0.4) is 0 Å². The van der Waals surface area contributed by atoms with Gasteiger partial charge in [0.15, 0.2) is 0 Å². The number of halogens is 1. The van der Waals surface area contributed by atoms with Crippen molar-refractivity contribution in [3.63, 3.8) is 0 Å². The van der Waals surface area contributed by atoms with Gasteiger partial charge >= 0.3 is 0 Å². The zero-order valence-electron chi connectivity index (χ0n) is 7.96. The predicted molar refractivity (Wildman–Crippen MR) is 55.0 cm³/mol. The molecular formula is C12H15F. The van der Waals surface area contributed by atoms with Gasteiger partial charge in [0.2, 0.25) is 0 Å². The first-order valence-corrected chi connectivity index (χ1v) is 4.75. The number of benzene rings is 1. The lowest BCUT2D eigenvalue weighted by atomic mass is 10.2. The Morgan fingerprint density at radius 1 is 1.23 bits per heavy atom. The Morgan fingerprint density at radius 2 is 1.92 bits per heavy atom. The van der Waals surface area contributed by atoms with Crippen molar-refractivity contribution in [3.8, 4) is 0 Å². The van der Waals surface area contributed by atoms with E-state index in [0.29, 0.717) is 0 Å². The molecule has 0 aliphatic rings. The molecule has 0 heterocycles. The summed E-state index contributed by atoms with van der Waals surface area (Å²) in [4.78, 5) is 0. The van der Waals surface area contributed by atoms with E-state index in [1.54, 1.807) is 12.1 Å². The van der Waals surface area contributed by atoms with Gasteiger partial charge in [0.05, 0.1) is 0 Å². The third-order valence-corrected chi connectivity index (χ3v) is 1.90.